The van der Waals surface area contributed by atoms with Gasteiger partial charge in [-0.25, -0.2) is 9.97 Å². The van der Waals surface area contributed by atoms with Gasteiger partial charge in [-0.2, -0.15) is 0 Å². The SMILES string of the molecule is COc1cc2[nH]c3c(SCC(=O)NCc4ccc(C)cc4)ncnc3c2cc1OC. The molecule has 1 amide bonds. The van der Waals surface area contributed by atoms with Crippen molar-refractivity contribution in [1.82, 2.24) is 20.3 Å². The predicted octanol–water partition coefficient (Wildman–Crippen LogP) is 3.85. The fourth-order valence-electron chi connectivity index (χ4n) is 3.20. The monoisotopic (exact) mass is 422 g/mol. The summed E-state index contributed by atoms with van der Waals surface area (Å²) in [6.07, 6.45) is 1.51. The summed E-state index contributed by atoms with van der Waals surface area (Å²) in [4.78, 5) is 24.4. The van der Waals surface area contributed by atoms with E-state index in [0.717, 1.165) is 32.5 Å². The Morgan fingerprint density at radius 2 is 1.83 bits per heavy atom. The average molecular weight is 423 g/mol. The smallest absolute Gasteiger partial charge is 0.230 e. The molecule has 0 fully saturated rings. The van der Waals surface area contributed by atoms with E-state index in [1.807, 2.05) is 43.3 Å². The molecule has 0 aliphatic carbocycles. The molecular weight excluding hydrogens is 400 g/mol. The van der Waals surface area contributed by atoms with Crippen molar-refractivity contribution in [2.75, 3.05) is 20.0 Å². The predicted molar refractivity (Wildman–Crippen MR) is 118 cm³/mol. The topological polar surface area (TPSA) is 89.1 Å². The van der Waals surface area contributed by atoms with Gasteiger partial charge >= 0.3 is 0 Å². The zero-order valence-corrected chi connectivity index (χ0v) is 17.8. The first-order valence-electron chi connectivity index (χ1n) is 9.42. The van der Waals surface area contributed by atoms with E-state index in [1.165, 1.54) is 23.7 Å². The number of H-pyrrole nitrogens is 1. The maximum atomic E-state index is 12.3. The highest BCUT2D eigenvalue weighted by molar-refractivity contribution is 8.00. The lowest BCUT2D eigenvalue weighted by Gasteiger charge is -2.06. The van der Waals surface area contributed by atoms with E-state index >= 15 is 0 Å². The number of methoxy groups -OCH3 is 2. The second-order valence-corrected chi connectivity index (χ2v) is 7.80. The fraction of sp³-hybridized carbons (Fsp3) is 0.227. The number of carbonyl (C=O) groups is 1. The number of nitrogens with zero attached hydrogens (tertiary/aromatic N) is 2. The Balaban J connectivity index is 1.51. The Morgan fingerprint density at radius 1 is 1.10 bits per heavy atom. The third-order valence-corrected chi connectivity index (χ3v) is 5.79. The van der Waals surface area contributed by atoms with E-state index in [-0.39, 0.29) is 11.7 Å². The molecule has 2 aromatic carbocycles. The summed E-state index contributed by atoms with van der Waals surface area (Å²) in [6.45, 7) is 2.54. The van der Waals surface area contributed by atoms with E-state index in [4.69, 9.17) is 9.47 Å². The zero-order valence-electron chi connectivity index (χ0n) is 17.0. The number of carbonyl (C=O) groups excluding carboxylic acids is 1. The first kappa shape index (κ1) is 20.0. The lowest BCUT2D eigenvalue weighted by Crippen LogP contribution is -2.24. The summed E-state index contributed by atoms with van der Waals surface area (Å²) in [5.41, 5.74) is 4.71. The highest BCUT2D eigenvalue weighted by Gasteiger charge is 2.15. The summed E-state index contributed by atoms with van der Waals surface area (Å²) in [5.74, 6) is 1.48. The number of hydrogen-bond donors (Lipinski definition) is 2. The van der Waals surface area contributed by atoms with Crippen LogP contribution >= 0.6 is 11.8 Å². The Morgan fingerprint density at radius 3 is 2.57 bits per heavy atom. The van der Waals surface area contributed by atoms with Gasteiger partial charge in [-0.3, -0.25) is 4.79 Å². The van der Waals surface area contributed by atoms with Crippen molar-refractivity contribution >= 4 is 39.6 Å². The van der Waals surface area contributed by atoms with E-state index in [0.29, 0.717) is 18.0 Å². The standard InChI is InChI=1S/C22H22N4O3S/c1-13-4-6-14(7-5-13)10-23-19(27)11-30-22-21-20(24-12-25-22)15-8-17(28-2)18(29-3)9-16(15)26-21/h4-9,12,26H,10-11H2,1-3H3,(H,23,27). The second kappa shape index (κ2) is 8.62. The molecule has 2 heterocycles. The van der Waals surface area contributed by atoms with Crippen LogP contribution in [0, 0.1) is 6.92 Å². The molecule has 0 atom stereocenters. The molecule has 30 heavy (non-hydrogen) atoms. The summed E-state index contributed by atoms with van der Waals surface area (Å²) < 4.78 is 10.8. The highest BCUT2D eigenvalue weighted by atomic mass is 32.2. The fourth-order valence-corrected chi connectivity index (χ4v) is 3.98. The van der Waals surface area contributed by atoms with Gasteiger partial charge in [-0.1, -0.05) is 41.6 Å². The van der Waals surface area contributed by atoms with Crippen molar-refractivity contribution in [1.29, 1.82) is 0 Å². The molecule has 4 aromatic rings. The summed E-state index contributed by atoms with van der Waals surface area (Å²) in [7, 11) is 3.20. The number of nitrogens with one attached hydrogen (secondary N) is 2. The van der Waals surface area contributed by atoms with Crippen LogP contribution in [0.5, 0.6) is 11.5 Å². The normalized spacial score (nSPS) is 11.0. The van der Waals surface area contributed by atoms with Gasteiger partial charge in [-0.15, -0.1) is 0 Å². The Hall–Kier alpha value is -3.26. The van der Waals surface area contributed by atoms with Crippen LogP contribution in [0.25, 0.3) is 21.9 Å². The first-order chi connectivity index (χ1) is 14.6. The highest BCUT2D eigenvalue weighted by Crippen LogP contribution is 2.36. The largest absolute Gasteiger partial charge is 0.493 e. The molecule has 7 nitrogen and oxygen atoms in total. The van der Waals surface area contributed by atoms with E-state index in [2.05, 4.69) is 20.3 Å². The maximum absolute atomic E-state index is 12.3. The molecule has 2 aromatic heterocycles. The van der Waals surface area contributed by atoms with Crippen molar-refractivity contribution in [2.24, 2.45) is 0 Å². The van der Waals surface area contributed by atoms with Crippen LogP contribution in [0.2, 0.25) is 0 Å². The Labute approximate surface area is 178 Å². The summed E-state index contributed by atoms with van der Waals surface area (Å²) >= 11 is 1.37. The number of thioether (sulfide) groups is 1. The van der Waals surface area contributed by atoms with E-state index < -0.39 is 0 Å². The number of amides is 1. The quantitative estimate of drug-likeness (QED) is 0.347. The number of aromatic nitrogens is 3. The molecule has 2 N–H and O–H groups in total. The van der Waals surface area contributed by atoms with Crippen LogP contribution in [0.4, 0.5) is 0 Å². The van der Waals surface area contributed by atoms with E-state index in [9.17, 15) is 4.79 Å². The van der Waals surface area contributed by atoms with Crippen LogP contribution in [0.1, 0.15) is 11.1 Å². The zero-order chi connectivity index (χ0) is 21.1. The number of hydrogen-bond acceptors (Lipinski definition) is 6. The third kappa shape index (κ3) is 4.04. The van der Waals surface area contributed by atoms with Gasteiger partial charge in [0.1, 0.15) is 16.9 Å². The van der Waals surface area contributed by atoms with Gasteiger partial charge < -0.3 is 19.8 Å². The van der Waals surface area contributed by atoms with Crippen LogP contribution in [-0.4, -0.2) is 40.8 Å². The molecule has 0 bridgehead atoms. The van der Waals surface area contributed by atoms with Crippen LogP contribution in [-0.2, 0) is 11.3 Å². The molecular formula is C22H22N4O3S. The van der Waals surface area contributed by atoms with Crippen molar-refractivity contribution in [3.8, 4) is 11.5 Å². The molecule has 0 saturated carbocycles. The van der Waals surface area contributed by atoms with Crippen molar-refractivity contribution in [3.05, 3.63) is 53.9 Å². The first-order valence-corrected chi connectivity index (χ1v) is 10.4. The van der Waals surface area contributed by atoms with Crippen molar-refractivity contribution in [2.45, 2.75) is 18.5 Å². The third-order valence-electron chi connectivity index (χ3n) is 4.80. The molecule has 154 valence electrons. The van der Waals surface area contributed by atoms with Crippen molar-refractivity contribution in [3.63, 3.8) is 0 Å². The van der Waals surface area contributed by atoms with Gasteiger partial charge in [-0.05, 0) is 18.6 Å². The molecule has 8 heteroatoms. The van der Waals surface area contributed by atoms with Gasteiger partial charge in [0.05, 0.1) is 31.0 Å². The molecule has 0 aliphatic rings. The molecule has 0 radical (unpaired) electrons. The number of aromatic amines is 1. The van der Waals surface area contributed by atoms with Gasteiger partial charge in [0, 0.05) is 18.0 Å². The molecule has 0 saturated heterocycles. The Bertz CT molecular complexity index is 1200. The Kier molecular flexibility index (Phi) is 5.76. The summed E-state index contributed by atoms with van der Waals surface area (Å²) in [6, 6.07) is 11.9. The lowest BCUT2D eigenvalue weighted by atomic mass is 10.1. The average Bonchev–Trinajstić information content (AvgIpc) is 3.14. The number of fused-ring (bicyclic) bond motifs is 3. The van der Waals surface area contributed by atoms with Crippen LogP contribution in [0.15, 0.2) is 47.8 Å². The maximum Gasteiger partial charge on any atom is 0.230 e. The lowest BCUT2D eigenvalue weighted by molar-refractivity contribution is -0.118. The number of ether oxygens (including phenoxy) is 2. The van der Waals surface area contributed by atoms with Gasteiger partial charge in [0.25, 0.3) is 0 Å². The molecule has 0 unspecified atom stereocenters. The van der Waals surface area contributed by atoms with Crippen molar-refractivity contribution < 1.29 is 14.3 Å². The second-order valence-electron chi connectivity index (χ2n) is 6.83. The van der Waals surface area contributed by atoms with Gasteiger partial charge in [0.2, 0.25) is 5.91 Å². The van der Waals surface area contributed by atoms with Crippen LogP contribution in [0.3, 0.4) is 0 Å². The minimum Gasteiger partial charge on any atom is -0.493 e. The molecule has 0 aliphatic heterocycles. The molecule has 4 rings (SSSR count). The number of aryl methyl sites for hydroxylation is 1. The van der Waals surface area contributed by atoms with Crippen LogP contribution < -0.4 is 14.8 Å². The van der Waals surface area contributed by atoms with Gasteiger partial charge in [0.15, 0.2) is 11.5 Å². The number of benzene rings is 2. The summed E-state index contributed by atoms with van der Waals surface area (Å²) in [5, 5.41) is 4.58. The minimum absolute atomic E-state index is 0.0493. The number of rotatable bonds is 7. The van der Waals surface area contributed by atoms with E-state index in [1.54, 1.807) is 14.2 Å². The molecule has 0 spiro atoms. The minimum atomic E-state index is -0.0493.